The molecule has 1 aliphatic rings. The number of ether oxygens (including phenoxy) is 1. The number of pyridine rings is 1. The zero-order valence-corrected chi connectivity index (χ0v) is 22.4. The standard InChI is InChI=1S/C28H39N3O3/c1-11-34-25-16(2)19-14-31(26(29-10)23(19)30-17(25)3)15-22(32)18-12-20(27(4,5)6)24(33)21(13-18)28(7,8)9/h12-13,33H,11,14-15H2,1-10H3/b29-26-. The number of fused-ring (bicyclic) bond motifs is 1. The molecule has 1 N–H and O–H groups in total. The maximum Gasteiger partial charge on any atom is 0.182 e. The number of phenols is 1. The van der Waals surface area contributed by atoms with E-state index in [0.29, 0.717) is 18.7 Å². The number of carbonyl (C=O) groups excluding carboxylic acids is 1. The molecule has 2 aromatic rings. The molecular weight excluding hydrogens is 426 g/mol. The molecule has 0 amide bonds. The summed E-state index contributed by atoms with van der Waals surface area (Å²) >= 11 is 0. The van der Waals surface area contributed by atoms with Gasteiger partial charge in [-0.3, -0.25) is 9.79 Å². The van der Waals surface area contributed by atoms with Gasteiger partial charge in [0.2, 0.25) is 0 Å². The fourth-order valence-corrected chi connectivity index (χ4v) is 4.60. The van der Waals surface area contributed by atoms with Crippen LogP contribution in [-0.4, -0.2) is 46.8 Å². The molecule has 0 radical (unpaired) electrons. The Morgan fingerprint density at radius 2 is 1.68 bits per heavy atom. The van der Waals surface area contributed by atoms with Gasteiger partial charge in [-0.1, -0.05) is 41.5 Å². The van der Waals surface area contributed by atoms with Gasteiger partial charge in [-0.15, -0.1) is 0 Å². The van der Waals surface area contributed by atoms with Crippen molar-refractivity contribution >= 4 is 11.6 Å². The molecule has 0 bridgehead atoms. The highest BCUT2D eigenvalue weighted by Crippen LogP contribution is 2.40. The van der Waals surface area contributed by atoms with Gasteiger partial charge in [0.1, 0.15) is 17.2 Å². The Morgan fingerprint density at radius 3 is 2.15 bits per heavy atom. The number of phenolic OH excluding ortho intramolecular Hbond substituents is 1. The number of Topliss-reactive ketones (excluding diaryl/α,β-unsaturated/α-hetero) is 1. The average molecular weight is 466 g/mol. The first kappa shape index (κ1) is 25.7. The summed E-state index contributed by atoms with van der Waals surface area (Å²) in [5, 5.41) is 11.0. The predicted octanol–water partition coefficient (Wildman–Crippen LogP) is 5.47. The summed E-state index contributed by atoms with van der Waals surface area (Å²) in [7, 11) is 1.74. The number of rotatable bonds is 5. The van der Waals surface area contributed by atoms with Crippen LogP contribution < -0.4 is 4.74 Å². The molecule has 2 heterocycles. The lowest BCUT2D eigenvalue weighted by Crippen LogP contribution is -2.31. The number of aromatic nitrogens is 1. The highest BCUT2D eigenvalue weighted by Gasteiger charge is 2.33. The van der Waals surface area contributed by atoms with E-state index in [9.17, 15) is 9.90 Å². The Morgan fingerprint density at radius 1 is 1.12 bits per heavy atom. The van der Waals surface area contributed by atoms with Crippen molar-refractivity contribution in [1.29, 1.82) is 0 Å². The Labute approximate surface area is 204 Å². The van der Waals surface area contributed by atoms with Gasteiger partial charge in [0.15, 0.2) is 11.6 Å². The number of aliphatic imine (C=N–C) groups is 1. The molecule has 1 aliphatic heterocycles. The minimum Gasteiger partial charge on any atom is -0.507 e. The highest BCUT2D eigenvalue weighted by molar-refractivity contribution is 6.06. The quantitative estimate of drug-likeness (QED) is 0.593. The first-order chi connectivity index (χ1) is 15.7. The summed E-state index contributed by atoms with van der Waals surface area (Å²) in [4.78, 5) is 24.8. The number of aryl methyl sites for hydroxylation is 1. The Bertz CT molecular complexity index is 1120. The van der Waals surface area contributed by atoms with E-state index in [4.69, 9.17) is 9.72 Å². The lowest BCUT2D eigenvalue weighted by atomic mass is 9.78. The van der Waals surface area contributed by atoms with Gasteiger partial charge in [-0.2, -0.15) is 0 Å². The van der Waals surface area contributed by atoms with Gasteiger partial charge in [0.05, 0.1) is 18.8 Å². The van der Waals surface area contributed by atoms with Crippen LogP contribution in [0.25, 0.3) is 0 Å². The van der Waals surface area contributed by atoms with Gasteiger partial charge < -0.3 is 14.7 Å². The molecule has 34 heavy (non-hydrogen) atoms. The fraction of sp³-hybridized carbons (Fsp3) is 0.536. The summed E-state index contributed by atoms with van der Waals surface area (Å²) < 4.78 is 5.84. The van der Waals surface area contributed by atoms with E-state index in [1.165, 1.54) is 0 Å². The lowest BCUT2D eigenvalue weighted by molar-refractivity contribution is 0.0962. The Kier molecular flexibility index (Phi) is 6.84. The average Bonchev–Trinajstić information content (AvgIpc) is 3.06. The van der Waals surface area contributed by atoms with Crippen molar-refractivity contribution in [1.82, 2.24) is 9.88 Å². The normalized spacial score (nSPS) is 15.1. The molecular formula is C28H39N3O3. The van der Waals surface area contributed by atoms with Crippen LogP contribution in [0.2, 0.25) is 0 Å². The third kappa shape index (κ3) is 4.68. The van der Waals surface area contributed by atoms with Gasteiger partial charge in [0.25, 0.3) is 0 Å². The molecule has 6 heteroatoms. The maximum absolute atomic E-state index is 13.6. The van der Waals surface area contributed by atoms with E-state index < -0.39 is 0 Å². The van der Waals surface area contributed by atoms with Crippen LogP contribution in [0.5, 0.6) is 11.5 Å². The summed E-state index contributed by atoms with van der Waals surface area (Å²) in [5.41, 5.74) is 5.34. The van der Waals surface area contributed by atoms with Crippen molar-refractivity contribution in [3.05, 3.63) is 51.3 Å². The van der Waals surface area contributed by atoms with Gasteiger partial charge in [-0.25, -0.2) is 4.98 Å². The summed E-state index contributed by atoms with van der Waals surface area (Å²) in [6.07, 6.45) is 0. The molecule has 6 nitrogen and oxygen atoms in total. The number of ketones is 1. The van der Waals surface area contributed by atoms with Gasteiger partial charge in [-0.05, 0) is 43.7 Å². The van der Waals surface area contributed by atoms with E-state index in [0.717, 1.165) is 45.2 Å². The molecule has 3 rings (SSSR count). The van der Waals surface area contributed by atoms with Crippen LogP contribution >= 0.6 is 0 Å². The molecule has 0 saturated heterocycles. The number of hydrogen-bond donors (Lipinski definition) is 1. The first-order valence-electron chi connectivity index (χ1n) is 12.0. The number of aromatic hydroxyl groups is 1. The molecule has 0 fully saturated rings. The van der Waals surface area contributed by atoms with Crippen LogP contribution in [0.4, 0.5) is 0 Å². The van der Waals surface area contributed by atoms with Crippen molar-refractivity contribution < 1.29 is 14.6 Å². The zero-order valence-electron chi connectivity index (χ0n) is 22.4. The molecule has 0 saturated carbocycles. The SMILES string of the molecule is CCOc1c(C)nc2c(c1C)CN(CC(=O)c1cc(C(C)(C)C)c(O)c(C(C)(C)C)c1)/C2=N\C. The second-order valence-corrected chi connectivity index (χ2v) is 11.2. The van der Waals surface area contributed by atoms with Crippen LogP contribution in [-0.2, 0) is 17.4 Å². The smallest absolute Gasteiger partial charge is 0.182 e. The van der Waals surface area contributed by atoms with Crippen molar-refractivity contribution in [3.63, 3.8) is 0 Å². The molecule has 1 aromatic carbocycles. The number of amidine groups is 1. The lowest BCUT2D eigenvalue weighted by Gasteiger charge is -2.28. The van der Waals surface area contributed by atoms with Crippen LogP contribution in [0.15, 0.2) is 17.1 Å². The second kappa shape index (κ2) is 9.05. The molecule has 0 aliphatic carbocycles. The number of hydrogen-bond acceptors (Lipinski definition) is 5. The van der Waals surface area contributed by atoms with E-state index >= 15 is 0 Å². The molecule has 0 unspecified atom stereocenters. The third-order valence-electron chi connectivity index (χ3n) is 6.43. The second-order valence-electron chi connectivity index (χ2n) is 11.2. The summed E-state index contributed by atoms with van der Waals surface area (Å²) in [6, 6.07) is 3.69. The van der Waals surface area contributed by atoms with E-state index in [2.05, 4.69) is 46.5 Å². The van der Waals surface area contributed by atoms with Gasteiger partial charge in [0, 0.05) is 41.4 Å². The number of benzene rings is 1. The third-order valence-corrected chi connectivity index (χ3v) is 6.43. The van der Waals surface area contributed by atoms with Crippen molar-refractivity contribution in [3.8, 4) is 11.5 Å². The van der Waals surface area contributed by atoms with E-state index in [-0.39, 0.29) is 28.9 Å². The number of nitrogens with zero attached hydrogens (tertiary/aromatic N) is 3. The van der Waals surface area contributed by atoms with Crippen molar-refractivity contribution in [2.75, 3.05) is 20.2 Å². The van der Waals surface area contributed by atoms with Crippen LogP contribution in [0.3, 0.4) is 0 Å². The van der Waals surface area contributed by atoms with Crippen LogP contribution in [0.1, 0.15) is 92.5 Å². The summed E-state index contributed by atoms with van der Waals surface area (Å²) in [5.74, 6) is 1.81. The number of carbonyl (C=O) groups is 1. The predicted molar refractivity (Wildman–Crippen MR) is 138 cm³/mol. The topological polar surface area (TPSA) is 75.0 Å². The Hall–Kier alpha value is -2.89. The maximum atomic E-state index is 13.6. The molecule has 0 atom stereocenters. The monoisotopic (exact) mass is 465 g/mol. The largest absolute Gasteiger partial charge is 0.507 e. The van der Waals surface area contributed by atoms with E-state index in [1.807, 2.05) is 37.8 Å². The van der Waals surface area contributed by atoms with E-state index in [1.54, 1.807) is 7.05 Å². The molecule has 1 aromatic heterocycles. The molecule has 0 spiro atoms. The van der Waals surface area contributed by atoms with Crippen LogP contribution in [0, 0.1) is 13.8 Å². The van der Waals surface area contributed by atoms with Gasteiger partial charge >= 0.3 is 0 Å². The molecule has 184 valence electrons. The highest BCUT2D eigenvalue weighted by atomic mass is 16.5. The summed E-state index contributed by atoms with van der Waals surface area (Å²) in [6.45, 7) is 19.6. The zero-order chi connectivity index (χ0) is 25.6. The minimum absolute atomic E-state index is 0.00985. The van der Waals surface area contributed by atoms with Crippen molar-refractivity contribution in [2.24, 2.45) is 4.99 Å². The van der Waals surface area contributed by atoms with Crippen molar-refractivity contribution in [2.45, 2.75) is 79.7 Å². The fourth-order valence-electron chi connectivity index (χ4n) is 4.60. The first-order valence-corrected chi connectivity index (χ1v) is 12.0. The minimum atomic E-state index is -0.297. The Balaban J connectivity index is 2.01.